The van der Waals surface area contributed by atoms with Gasteiger partial charge in [-0.05, 0) is 66.3 Å². The van der Waals surface area contributed by atoms with E-state index in [1.807, 2.05) is 0 Å². The molecule has 0 radical (unpaired) electrons. The summed E-state index contributed by atoms with van der Waals surface area (Å²) >= 11 is 0. The van der Waals surface area contributed by atoms with Crippen molar-refractivity contribution in [2.24, 2.45) is 5.92 Å². The summed E-state index contributed by atoms with van der Waals surface area (Å²) in [7, 11) is 0. The van der Waals surface area contributed by atoms with Gasteiger partial charge < -0.3 is 0 Å². The maximum Gasteiger partial charge on any atom is 0.195 e. The normalized spacial score (nSPS) is 18.9. The summed E-state index contributed by atoms with van der Waals surface area (Å²) in [6.07, 6.45) is 6.71. The van der Waals surface area contributed by atoms with Gasteiger partial charge in [0.05, 0.1) is 0 Å². The van der Waals surface area contributed by atoms with Crippen molar-refractivity contribution in [1.29, 1.82) is 0 Å². The van der Waals surface area contributed by atoms with Gasteiger partial charge in [0.25, 0.3) is 0 Å². The van der Waals surface area contributed by atoms with Gasteiger partial charge in [0.2, 0.25) is 0 Å². The fraction of sp³-hybridized carbons (Fsp3) is 0.333. The Morgan fingerprint density at radius 2 is 1.45 bits per heavy atom. The maximum absolute atomic E-state index is 15.2. The minimum Gasteiger partial charge on any atom is -0.206 e. The van der Waals surface area contributed by atoms with Crippen LogP contribution in [0.4, 0.5) is 17.6 Å². The summed E-state index contributed by atoms with van der Waals surface area (Å²) in [5.74, 6) is -3.84. The van der Waals surface area contributed by atoms with Crippen LogP contribution < -0.4 is 0 Å². The molecule has 1 aliphatic carbocycles. The lowest BCUT2D eigenvalue weighted by atomic mass is 9.77. The minimum absolute atomic E-state index is 0.0568. The molecule has 0 spiro atoms. The lowest BCUT2D eigenvalue weighted by Crippen LogP contribution is -2.13. The van der Waals surface area contributed by atoms with Gasteiger partial charge >= 0.3 is 0 Å². The van der Waals surface area contributed by atoms with E-state index in [0.717, 1.165) is 43.2 Å². The second kappa shape index (κ2) is 9.25. The Bertz CT molecular complexity index is 1050. The summed E-state index contributed by atoms with van der Waals surface area (Å²) in [6, 6.07) is 14.2. The molecule has 0 aromatic heterocycles. The highest BCUT2D eigenvalue weighted by Gasteiger charge is 2.25. The van der Waals surface area contributed by atoms with Crippen molar-refractivity contribution < 1.29 is 17.6 Å². The molecule has 0 aliphatic heterocycles. The Morgan fingerprint density at radius 3 is 2.10 bits per heavy atom. The molecular formula is C27H26F4. The van der Waals surface area contributed by atoms with Crippen LogP contribution in [0.25, 0.3) is 22.3 Å². The SMILES string of the molecule is CCCC1CCC(c2ccc(-c3c(-c4ccccc4)cc(F)c(F)c3F)c(F)c2)CC1. The van der Waals surface area contributed by atoms with Crippen molar-refractivity contribution >= 4 is 0 Å². The van der Waals surface area contributed by atoms with Crippen LogP contribution in [0.5, 0.6) is 0 Å². The molecule has 0 nitrogen and oxygen atoms in total. The summed E-state index contributed by atoms with van der Waals surface area (Å²) < 4.78 is 58.2. The standard InChI is InChI=1S/C27H26F4/c1-2-6-17-9-11-18(12-10-17)20-13-14-21(23(28)15-20)25-22(19-7-4-3-5-8-19)16-24(29)26(30)27(25)31/h3-5,7-8,13-18H,2,6,9-12H2,1H3. The van der Waals surface area contributed by atoms with Gasteiger partial charge in [-0.15, -0.1) is 0 Å². The minimum atomic E-state index is -1.59. The van der Waals surface area contributed by atoms with Crippen LogP contribution in [0.2, 0.25) is 0 Å². The molecule has 0 saturated heterocycles. The highest BCUT2D eigenvalue weighted by atomic mass is 19.2. The topological polar surface area (TPSA) is 0 Å². The van der Waals surface area contributed by atoms with E-state index >= 15 is 4.39 Å². The zero-order valence-electron chi connectivity index (χ0n) is 17.6. The third kappa shape index (κ3) is 4.39. The maximum atomic E-state index is 15.2. The van der Waals surface area contributed by atoms with Crippen LogP contribution in [-0.2, 0) is 0 Å². The molecule has 0 heterocycles. The van der Waals surface area contributed by atoms with Crippen LogP contribution in [0, 0.1) is 29.2 Å². The molecule has 0 amide bonds. The van der Waals surface area contributed by atoms with E-state index in [0.29, 0.717) is 5.56 Å². The number of hydrogen-bond acceptors (Lipinski definition) is 0. The van der Waals surface area contributed by atoms with E-state index in [2.05, 4.69) is 6.92 Å². The monoisotopic (exact) mass is 426 g/mol. The van der Waals surface area contributed by atoms with E-state index in [4.69, 9.17) is 0 Å². The van der Waals surface area contributed by atoms with Gasteiger partial charge in [-0.1, -0.05) is 62.2 Å². The molecule has 1 saturated carbocycles. The predicted molar refractivity (Wildman–Crippen MR) is 117 cm³/mol. The predicted octanol–water partition coefficient (Wildman–Crippen LogP) is 8.65. The third-order valence-electron chi connectivity index (χ3n) is 6.52. The van der Waals surface area contributed by atoms with E-state index in [9.17, 15) is 13.2 Å². The van der Waals surface area contributed by atoms with Crippen LogP contribution in [-0.4, -0.2) is 0 Å². The second-order valence-electron chi connectivity index (χ2n) is 8.52. The van der Waals surface area contributed by atoms with Crippen molar-refractivity contribution in [3.8, 4) is 22.3 Å². The van der Waals surface area contributed by atoms with E-state index in [1.54, 1.807) is 36.4 Å². The van der Waals surface area contributed by atoms with Crippen molar-refractivity contribution in [3.05, 3.63) is 83.4 Å². The summed E-state index contributed by atoms with van der Waals surface area (Å²) in [5.41, 5.74) is 1.21. The molecule has 0 atom stereocenters. The zero-order chi connectivity index (χ0) is 22.0. The average Bonchev–Trinajstić information content (AvgIpc) is 2.79. The Balaban J connectivity index is 1.72. The van der Waals surface area contributed by atoms with Gasteiger partial charge in [0, 0.05) is 11.1 Å². The molecule has 0 N–H and O–H groups in total. The van der Waals surface area contributed by atoms with Crippen molar-refractivity contribution in [2.45, 2.75) is 51.4 Å². The lowest BCUT2D eigenvalue weighted by Gasteiger charge is -2.28. The van der Waals surface area contributed by atoms with E-state index < -0.39 is 23.3 Å². The van der Waals surface area contributed by atoms with Crippen LogP contribution in [0.15, 0.2) is 54.6 Å². The number of halogens is 4. The molecule has 0 bridgehead atoms. The van der Waals surface area contributed by atoms with Crippen molar-refractivity contribution in [1.82, 2.24) is 0 Å². The summed E-state index contributed by atoms with van der Waals surface area (Å²) in [4.78, 5) is 0. The van der Waals surface area contributed by atoms with Gasteiger partial charge in [-0.25, -0.2) is 17.6 Å². The van der Waals surface area contributed by atoms with Crippen LogP contribution >= 0.6 is 0 Å². The highest BCUT2D eigenvalue weighted by molar-refractivity contribution is 5.84. The second-order valence-corrected chi connectivity index (χ2v) is 8.52. The van der Waals surface area contributed by atoms with E-state index in [1.165, 1.54) is 25.0 Å². The first kappa shape index (κ1) is 21.6. The van der Waals surface area contributed by atoms with Gasteiger partial charge in [-0.3, -0.25) is 0 Å². The van der Waals surface area contributed by atoms with Crippen molar-refractivity contribution in [3.63, 3.8) is 0 Å². The fourth-order valence-corrected chi connectivity index (χ4v) is 4.88. The third-order valence-corrected chi connectivity index (χ3v) is 6.52. The Hall–Kier alpha value is -2.62. The van der Waals surface area contributed by atoms with Crippen molar-refractivity contribution in [2.75, 3.05) is 0 Å². The smallest absolute Gasteiger partial charge is 0.195 e. The van der Waals surface area contributed by atoms with Gasteiger partial charge in [-0.2, -0.15) is 0 Å². The molecule has 0 unspecified atom stereocenters. The summed E-state index contributed by atoms with van der Waals surface area (Å²) in [6.45, 7) is 2.20. The molecule has 1 aliphatic rings. The van der Waals surface area contributed by atoms with Crippen LogP contribution in [0.3, 0.4) is 0 Å². The molecule has 3 aromatic carbocycles. The number of benzene rings is 3. The zero-order valence-corrected chi connectivity index (χ0v) is 17.6. The molecule has 4 heteroatoms. The first-order valence-corrected chi connectivity index (χ1v) is 11.0. The fourth-order valence-electron chi connectivity index (χ4n) is 4.88. The van der Waals surface area contributed by atoms with Gasteiger partial charge in [0.1, 0.15) is 5.82 Å². The molecule has 162 valence electrons. The van der Waals surface area contributed by atoms with Gasteiger partial charge in [0.15, 0.2) is 17.5 Å². The molecule has 4 rings (SSSR count). The molecular weight excluding hydrogens is 400 g/mol. The quantitative estimate of drug-likeness (QED) is 0.283. The lowest BCUT2D eigenvalue weighted by molar-refractivity contribution is 0.308. The summed E-state index contributed by atoms with van der Waals surface area (Å²) in [5, 5.41) is 0. The Labute approximate surface area is 180 Å². The number of rotatable bonds is 5. The van der Waals surface area contributed by atoms with Crippen LogP contribution in [0.1, 0.15) is 56.9 Å². The largest absolute Gasteiger partial charge is 0.206 e. The molecule has 3 aromatic rings. The van der Waals surface area contributed by atoms with E-state index in [-0.39, 0.29) is 22.6 Å². The molecule has 1 fully saturated rings. The Morgan fingerprint density at radius 1 is 0.742 bits per heavy atom. The first-order valence-electron chi connectivity index (χ1n) is 11.0. The highest BCUT2D eigenvalue weighted by Crippen LogP contribution is 2.41. The first-order chi connectivity index (χ1) is 15.0. The average molecular weight is 426 g/mol. The molecule has 31 heavy (non-hydrogen) atoms. The Kier molecular flexibility index (Phi) is 6.45. The number of hydrogen-bond donors (Lipinski definition) is 0.